The lowest BCUT2D eigenvalue weighted by Crippen LogP contribution is -1.88. The van der Waals surface area contributed by atoms with E-state index in [1.54, 1.807) is 0 Å². The van der Waals surface area contributed by atoms with Crippen LogP contribution in [-0.2, 0) is 0 Å². The molecule has 0 aliphatic heterocycles. The van der Waals surface area contributed by atoms with Crippen LogP contribution in [0.25, 0.3) is 11.4 Å². The third kappa shape index (κ3) is 1.51. The fraction of sp³-hybridized carbons (Fsp3) is 0.111. The Balaban J connectivity index is 2.53. The summed E-state index contributed by atoms with van der Waals surface area (Å²) in [4.78, 5) is 4.05. The zero-order valence-electron chi connectivity index (χ0n) is 7.28. The molecule has 13 heavy (non-hydrogen) atoms. The van der Waals surface area contributed by atoms with Gasteiger partial charge in [-0.05, 0) is 30.7 Å². The Morgan fingerprint density at radius 3 is 2.77 bits per heavy atom. The predicted octanol–water partition coefficient (Wildman–Crippen LogP) is 1.36. The quantitative estimate of drug-likeness (QED) is 0.641. The number of rotatable bonds is 1. The van der Waals surface area contributed by atoms with Gasteiger partial charge in [0.15, 0.2) is 5.82 Å². The number of H-pyrrole nitrogens is 1. The van der Waals surface area contributed by atoms with Gasteiger partial charge in [-0.25, -0.2) is 4.98 Å². The summed E-state index contributed by atoms with van der Waals surface area (Å²) in [6.45, 7) is 2.00. The molecule has 0 amide bonds. The Labute approximate surface area is 75.8 Å². The molecular weight excluding hydrogens is 164 g/mol. The molecule has 4 nitrogen and oxygen atoms in total. The van der Waals surface area contributed by atoms with Gasteiger partial charge in [-0.2, -0.15) is 5.10 Å². The first-order chi connectivity index (χ1) is 6.25. The fourth-order valence-electron chi connectivity index (χ4n) is 1.29. The van der Waals surface area contributed by atoms with E-state index in [1.807, 2.05) is 25.1 Å². The van der Waals surface area contributed by atoms with Crippen LogP contribution in [0.2, 0.25) is 0 Å². The first-order valence-corrected chi connectivity index (χ1v) is 3.98. The largest absolute Gasteiger partial charge is 0.399 e. The van der Waals surface area contributed by atoms with Crippen LogP contribution >= 0.6 is 0 Å². The number of nitrogens with one attached hydrogen (secondary N) is 1. The number of nitrogens with two attached hydrogens (primary N) is 1. The first-order valence-electron chi connectivity index (χ1n) is 3.98. The highest BCUT2D eigenvalue weighted by Crippen LogP contribution is 2.18. The van der Waals surface area contributed by atoms with Crippen molar-refractivity contribution in [2.45, 2.75) is 6.92 Å². The number of anilines is 1. The topological polar surface area (TPSA) is 67.6 Å². The van der Waals surface area contributed by atoms with Gasteiger partial charge >= 0.3 is 0 Å². The highest BCUT2D eigenvalue weighted by molar-refractivity contribution is 5.62. The van der Waals surface area contributed by atoms with E-state index >= 15 is 0 Å². The van der Waals surface area contributed by atoms with Crippen molar-refractivity contribution in [1.82, 2.24) is 15.2 Å². The molecule has 1 heterocycles. The van der Waals surface area contributed by atoms with Gasteiger partial charge in [-0.15, -0.1) is 0 Å². The molecule has 4 heteroatoms. The van der Waals surface area contributed by atoms with E-state index in [-0.39, 0.29) is 0 Å². The van der Waals surface area contributed by atoms with Gasteiger partial charge < -0.3 is 5.73 Å². The van der Waals surface area contributed by atoms with Crippen LogP contribution in [-0.4, -0.2) is 15.2 Å². The summed E-state index contributed by atoms with van der Waals surface area (Å²) in [7, 11) is 0. The number of hydrogen-bond acceptors (Lipinski definition) is 3. The van der Waals surface area contributed by atoms with Crippen LogP contribution in [0.4, 0.5) is 5.69 Å². The second-order valence-electron chi connectivity index (χ2n) is 2.97. The zero-order chi connectivity index (χ0) is 9.26. The summed E-state index contributed by atoms with van der Waals surface area (Å²) in [5.41, 5.74) is 8.53. The molecule has 0 saturated heterocycles. The molecule has 0 radical (unpaired) electrons. The van der Waals surface area contributed by atoms with E-state index in [9.17, 15) is 0 Å². The second kappa shape index (κ2) is 2.90. The van der Waals surface area contributed by atoms with Gasteiger partial charge in [-0.3, -0.25) is 5.10 Å². The number of nitrogens with zero attached hydrogens (tertiary/aromatic N) is 2. The standard InChI is InChI=1S/C9H10N4/c1-6-2-7(4-8(10)3-6)9-11-5-12-13-9/h2-5H,10H2,1H3,(H,11,12,13). The lowest BCUT2D eigenvalue weighted by Gasteiger charge is -2.00. The molecule has 1 aromatic carbocycles. The Hall–Kier alpha value is -1.84. The molecule has 0 fully saturated rings. The predicted molar refractivity (Wildman–Crippen MR) is 51.0 cm³/mol. The molecule has 0 aliphatic rings. The van der Waals surface area contributed by atoms with Crippen LogP contribution in [0.3, 0.4) is 0 Å². The summed E-state index contributed by atoms with van der Waals surface area (Å²) in [5, 5.41) is 6.57. The van der Waals surface area contributed by atoms with E-state index in [0.29, 0.717) is 0 Å². The van der Waals surface area contributed by atoms with E-state index in [4.69, 9.17) is 5.73 Å². The third-order valence-electron chi connectivity index (χ3n) is 1.79. The minimum Gasteiger partial charge on any atom is -0.399 e. The minimum absolute atomic E-state index is 0.742. The first kappa shape index (κ1) is 7.79. The lowest BCUT2D eigenvalue weighted by atomic mass is 10.1. The average molecular weight is 174 g/mol. The minimum atomic E-state index is 0.742. The Morgan fingerprint density at radius 2 is 2.15 bits per heavy atom. The monoisotopic (exact) mass is 174 g/mol. The van der Waals surface area contributed by atoms with E-state index in [0.717, 1.165) is 22.6 Å². The SMILES string of the molecule is Cc1cc(N)cc(-c2ncn[nH]2)c1. The van der Waals surface area contributed by atoms with Crippen LogP contribution in [0.15, 0.2) is 24.5 Å². The van der Waals surface area contributed by atoms with Gasteiger partial charge in [-0.1, -0.05) is 0 Å². The maximum atomic E-state index is 5.70. The molecule has 0 aliphatic carbocycles. The van der Waals surface area contributed by atoms with Crippen LogP contribution < -0.4 is 5.73 Å². The van der Waals surface area contributed by atoms with Gasteiger partial charge in [0.1, 0.15) is 6.33 Å². The Kier molecular flexibility index (Phi) is 1.73. The molecule has 0 saturated carbocycles. The molecule has 0 unspecified atom stereocenters. The summed E-state index contributed by atoms with van der Waals surface area (Å²) < 4.78 is 0. The molecular formula is C9H10N4. The number of hydrogen-bond donors (Lipinski definition) is 2. The van der Waals surface area contributed by atoms with Gasteiger partial charge in [0.2, 0.25) is 0 Å². The number of aromatic amines is 1. The molecule has 0 atom stereocenters. The summed E-state index contributed by atoms with van der Waals surface area (Å²) in [5.74, 6) is 0.746. The van der Waals surface area contributed by atoms with E-state index in [1.165, 1.54) is 6.33 Å². The summed E-state index contributed by atoms with van der Waals surface area (Å²) in [6.07, 6.45) is 1.48. The van der Waals surface area contributed by atoms with Crippen LogP contribution in [0.1, 0.15) is 5.56 Å². The zero-order valence-corrected chi connectivity index (χ0v) is 7.28. The molecule has 3 N–H and O–H groups in total. The molecule has 2 aromatic rings. The number of aryl methyl sites for hydroxylation is 1. The lowest BCUT2D eigenvalue weighted by molar-refractivity contribution is 1.09. The normalized spacial score (nSPS) is 10.2. The highest BCUT2D eigenvalue weighted by Gasteiger charge is 2.01. The van der Waals surface area contributed by atoms with Crippen molar-refractivity contribution in [3.63, 3.8) is 0 Å². The van der Waals surface area contributed by atoms with Gasteiger partial charge in [0.05, 0.1) is 0 Å². The molecule has 66 valence electrons. The van der Waals surface area contributed by atoms with E-state index in [2.05, 4.69) is 15.2 Å². The summed E-state index contributed by atoms with van der Waals surface area (Å²) >= 11 is 0. The smallest absolute Gasteiger partial charge is 0.155 e. The van der Waals surface area contributed by atoms with Crippen molar-refractivity contribution in [1.29, 1.82) is 0 Å². The maximum absolute atomic E-state index is 5.70. The molecule has 0 spiro atoms. The molecule has 1 aromatic heterocycles. The van der Waals surface area contributed by atoms with Crippen molar-refractivity contribution < 1.29 is 0 Å². The Bertz CT molecular complexity index is 385. The number of benzene rings is 1. The van der Waals surface area contributed by atoms with Crippen LogP contribution in [0, 0.1) is 6.92 Å². The highest BCUT2D eigenvalue weighted by atomic mass is 15.2. The third-order valence-corrected chi connectivity index (χ3v) is 1.79. The fourth-order valence-corrected chi connectivity index (χ4v) is 1.29. The van der Waals surface area contributed by atoms with E-state index < -0.39 is 0 Å². The Morgan fingerprint density at radius 1 is 1.31 bits per heavy atom. The molecule has 0 bridgehead atoms. The van der Waals surface area contributed by atoms with Gasteiger partial charge in [0, 0.05) is 11.3 Å². The average Bonchev–Trinajstić information content (AvgIpc) is 2.53. The maximum Gasteiger partial charge on any atom is 0.155 e. The van der Waals surface area contributed by atoms with Gasteiger partial charge in [0.25, 0.3) is 0 Å². The summed E-state index contributed by atoms with van der Waals surface area (Å²) in [6, 6.07) is 5.80. The molecule has 2 rings (SSSR count). The number of nitrogen functional groups attached to an aromatic ring is 1. The van der Waals surface area contributed by atoms with Crippen molar-refractivity contribution in [3.05, 3.63) is 30.1 Å². The second-order valence-corrected chi connectivity index (χ2v) is 2.97. The van der Waals surface area contributed by atoms with Crippen molar-refractivity contribution >= 4 is 5.69 Å². The number of aromatic nitrogens is 3. The van der Waals surface area contributed by atoms with Crippen LogP contribution in [0.5, 0.6) is 0 Å². The van der Waals surface area contributed by atoms with Crippen molar-refractivity contribution in [2.24, 2.45) is 0 Å². The van der Waals surface area contributed by atoms with Crippen molar-refractivity contribution in [3.8, 4) is 11.4 Å². The van der Waals surface area contributed by atoms with Crippen molar-refractivity contribution in [2.75, 3.05) is 5.73 Å².